The lowest BCUT2D eigenvalue weighted by atomic mass is 10.0. The molecule has 0 atom stereocenters. The Morgan fingerprint density at radius 2 is 1.44 bits per heavy atom. The number of ether oxygens (including phenoxy) is 1. The van der Waals surface area contributed by atoms with Crippen LogP contribution in [0, 0.1) is 5.82 Å². The monoisotopic (exact) mass is 503 g/mol. The normalized spacial score (nSPS) is 10.6. The zero-order valence-electron chi connectivity index (χ0n) is 19.2. The van der Waals surface area contributed by atoms with Gasteiger partial charge in [-0.25, -0.2) is 9.18 Å². The van der Waals surface area contributed by atoms with E-state index in [0.29, 0.717) is 29.3 Å². The van der Waals surface area contributed by atoms with Crippen LogP contribution in [0.5, 0.6) is 5.75 Å². The Morgan fingerprint density at radius 1 is 0.833 bits per heavy atom. The van der Waals surface area contributed by atoms with Gasteiger partial charge in [0.2, 0.25) is 0 Å². The van der Waals surface area contributed by atoms with E-state index in [1.54, 1.807) is 54.6 Å². The van der Waals surface area contributed by atoms with Crippen LogP contribution in [0.15, 0.2) is 91.0 Å². The van der Waals surface area contributed by atoms with E-state index >= 15 is 0 Å². The van der Waals surface area contributed by atoms with Crippen molar-refractivity contribution in [2.24, 2.45) is 0 Å². The first-order chi connectivity index (χ1) is 17.4. The predicted molar refractivity (Wildman–Crippen MR) is 137 cm³/mol. The van der Waals surface area contributed by atoms with Crippen LogP contribution in [0.3, 0.4) is 0 Å². The van der Waals surface area contributed by atoms with Crippen LogP contribution in [0.4, 0.5) is 4.39 Å². The van der Waals surface area contributed by atoms with E-state index in [9.17, 15) is 14.0 Å². The number of carboxylic acids is 1. The summed E-state index contributed by atoms with van der Waals surface area (Å²) < 4.78 is 18.9. The predicted octanol–water partition coefficient (Wildman–Crippen LogP) is 6.40. The quantitative estimate of drug-likeness (QED) is 0.277. The fourth-order valence-electron chi connectivity index (χ4n) is 3.63. The van der Waals surface area contributed by atoms with Crippen molar-refractivity contribution in [3.63, 3.8) is 0 Å². The molecule has 0 spiro atoms. The summed E-state index contributed by atoms with van der Waals surface area (Å²) in [4.78, 5) is 23.9. The number of carbonyl (C=O) groups is 2. The molecule has 182 valence electrons. The largest absolute Gasteiger partial charge is 0.488 e. The highest BCUT2D eigenvalue weighted by molar-refractivity contribution is 6.31. The maximum absolute atomic E-state index is 13.1. The standard InChI is InChI=1S/C29H23ClFNO4/c30-24-11-14-27(36-18-20-3-12-25(31)13-4-20)26(17-24)28(33)32-16-15-19-1-5-21(6-2-19)22-7-9-23(10-8-22)29(34)35/h1-14,17H,15-16,18H2,(H,32,33)(H,34,35). The van der Waals surface area contributed by atoms with Gasteiger partial charge in [-0.3, -0.25) is 4.79 Å². The summed E-state index contributed by atoms with van der Waals surface area (Å²) in [6.45, 7) is 0.600. The molecular formula is C29H23ClFNO4. The second kappa shape index (κ2) is 11.5. The zero-order chi connectivity index (χ0) is 25.5. The Morgan fingerprint density at radius 3 is 2.08 bits per heavy atom. The summed E-state index contributed by atoms with van der Waals surface area (Å²) in [6, 6.07) is 25.4. The molecule has 0 aromatic heterocycles. The van der Waals surface area contributed by atoms with E-state index < -0.39 is 5.97 Å². The average molecular weight is 504 g/mol. The van der Waals surface area contributed by atoms with Crippen molar-refractivity contribution in [1.29, 1.82) is 0 Å². The Balaban J connectivity index is 1.34. The van der Waals surface area contributed by atoms with Crippen molar-refractivity contribution in [2.75, 3.05) is 6.54 Å². The Kier molecular flexibility index (Phi) is 7.98. The smallest absolute Gasteiger partial charge is 0.335 e. The van der Waals surface area contributed by atoms with E-state index in [0.717, 1.165) is 22.3 Å². The van der Waals surface area contributed by atoms with Crippen LogP contribution >= 0.6 is 11.6 Å². The van der Waals surface area contributed by atoms with Crippen LogP contribution < -0.4 is 10.1 Å². The maximum Gasteiger partial charge on any atom is 0.335 e. The van der Waals surface area contributed by atoms with Gasteiger partial charge < -0.3 is 15.2 Å². The van der Waals surface area contributed by atoms with Crippen LogP contribution in [0.25, 0.3) is 11.1 Å². The fourth-order valence-corrected chi connectivity index (χ4v) is 3.80. The van der Waals surface area contributed by atoms with Gasteiger partial charge in [-0.1, -0.05) is 60.1 Å². The number of hydrogen-bond donors (Lipinski definition) is 2. The van der Waals surface area contributed by atoms with Gasteiger partial charge in [-0.05, 0) is 71.1 Å². The average Bonchev–Trinajstić information content (AvgIpc) is 2.89. The van der Waals surface area contributed by atoms with Crippen molar-refractivity contribution in [1.82, 2.24) is 5.32 Å². The Bertz CT molecular complexity index is 1350. The number of rotatable bonds is 9. The molecule has 36 heavy (non-hydrogen) atoms. The van der Waals surface area contributed by atoms with Gasteiger partial charge in [0.15, 0.2) is 0 Å². The highest BCUT2D eigenvalue weighted by Gasteiger charge is 2.14. The molecule has 0 saturated carbocycles. The molecule has 0 saturated heterocycles. The van der Waals surface area contributed by atoms with E-state index in [1.165, 1.54) is 12.1 Å². The van der Waals surface area contributed by atoms with Gasteiger partial charge >= 0.3 is 5.97 Å². The van der Waals surface area contributed by atoms with E-state index in [2.05, 4.69) is 5.32 Å². The lowest BCUT2D eigenvalue weighted by Gasteiger charge is -2.13. The van der Waals surface area contributed by atoms with E-state index in [-0.39, 0.29) is 23.9 Å². The first-order valence-electron chi connectivity index (χ1n) is 11.3. The highest BCUT2D eigenvalue weighted by atomic mass is 35.5. The van der Waals surface area contributed by atoms with E-state index in [1.807, 2.05) is 24.3 Å². The van der Waals surface area contributed by atoms with Crippen LogP contribution in [0.2, 0.25) is 5.02 Å². The van der Waals surface area contributed by atoms with Gasteiger partial charge in [0, 0.05) is 11.6 Å². The van der Waals surface area contributed by atoms with Crippen molar-refractivity contribution in [2.45, 2.75) is 13.0 Å². The lowest BCUT2D eigenvalue weighted by Crippen LogP contribution is -2.26. The minimum absolute atomic E-state index is 0.188. The molecule has 2 N–H and O–H groups in total. The third-order valence-electron chi connectivity index (χ3n) is 5.61. The van der Waals surface area contributed by atoms with Gasteiger partial charge in [0.1, 0.15) is 18.2 Å². The molecule has 7 heteroatoms. The molecule has 0 aliphatic rings. The molecule has 0 aliphatic carbocycles. The molecule has 0 heterocycles. The summed E-state index contributed by atoms with van der Waals surface area (Å²) in [7, 11) is 0. The molecule has 0 bridgehead atoms. The number of benzene rings is 4. The van der Waals surface area contributed by atoms with Gasteiger partial charge in [0.25, 0.3) is 5.91 Å². The Labute approximate surface area is 213 Å². The summed E-state index contributed by atoms with van der Waals surface area (Å²) in [6.07, 6.45) is 0.621. The highest BCUT2D eigenvalue weighted by Crippen LogP contribution is 2.24. The summed E-state index contributed by atoms with van der Waals surface area (Å²) >= 11 is 6.11. The minimum atomic E-state index is -0.955. The van der Waals surface area contributed by atoms with Crippen LogP contribution in [-0.2, 0) is 13.0 Å². The third kappa shape index (κ3) is 6.49. The topological polar surface area (TPSA) is 75.6 Å². The third-order valence-corrected chi connectivity index (χ3v) is 5.85. The number of carboxylic acid groups (broad SMARTS) is 1. The van der Waals surface area contributed by atoms with Crippen molar-refractivity contribution >= 4 is 23.5 Å². The van der Waals surface area contributed by atoms with Gasteiger partial charge in [0.05, 0.1) is 11.1 Å². The number of carbonyl (C=O) groups excluding carboxylic acids is 1. The summed E-state index contributed by atoms with van der Waals surface area (Å²) in [5.41, 5.74) is 4.29. The van der Waals surface area contributed by atoms with Crippen molar-refractivity contribution in [3.8, 4) is 16.9 Å². The van der Waals surface area contributed by atoms with Gasteiger partial charge in [-0.15, -0.1) is 0 Å². The zero-order valence-corrected chi connectivity index (χ0v) is 20.0. The van der Waals surface area contributed by atoms with Crippen molar-refractivity contribution in [3.05, 3.63) is 124 Å². The second-order valence-corrected chi connectivity index (χ2v) is 8.58. The number of halogens is 2. The number of nitrogens with one attached hydrogen (secondary N) is 1. The molecule has 5 nitrogen and oxygen atoms in total. The number of amides is 1. The van der Waals surface area contributed by atoms with E-state index in [4.69, 9.17) is 21.4 Å². The molecule has 4 aromatic carbocycles. The molecule has 0 fully saturated rings. The first kappa shape index (κ1) is 24.9. The van der Waals surface area contributed by atoms with Crippen LogP contribution in [0.1, 0.15) is 31.8 Å². The summed E-state index contributed by atoms with van der Waals surface area (Å²) in [5.74, 6) is -1.20. The summed E-state index contributed by atoms with van der Waals surface area (Å²) in [5, 5.41) is 12.4. The maximum atomic E-state index is 13.1. The molecule has 0 radical (unpaired) electrons. The second-order valence-electron chi connectivity index (χ2n) is 8.14. The SMILES string of the molecule is O=C(O)c1ccc(-c2ccc(CCNC(=O)c3cc(Cl)ccc3OCc3ccc(F)cc3)cc2)cc1. The lowest BCUT2D eigenvalue weighted by molar-refractivity contribution is 0.0696. The van der Waals surface area contributed by atoms with Gasteiger partial charge in [-0.2, -0.15) is 0 Å². The molecule has 4 aromatic rings. The molecule has 1 amide bonds. The fraction of sp³-hybridized carbons (Fsp3) is 0.103. The molecule has 0 aliphatic heterocycles. The molecule has 0 unspecified atom stereocenters. The Hall–Kier alpha value is -4.16. The molecule has 4 rings (SSSR count). The van der Waals surface area contributed by atoms with Crippen molar-refractivity contribution < 1.29 is 23.8 Å². The number of hydrogen-bond acceptors (Lipinski definition) is 3. The number of aromatic carboxylic acids is 1. The van der Waals surface area contributed by atoms with Crippen LogP contribution in [-0.4, -0.2) is 23.5 Å². The first-order valence-corrected chi connectivity index (χ1v) is 11.6. The molecular weight excluding hydrogens is 481 g/mol. The minimum Gasteiger partial charge on any atom is -0.488 e.